The lowest BCUT2D eigenvalue weighted by molar-refractivity contribution is 0.224. The number of aromatic nitrogens is 1. The molecule has 228 valence electrons. The molecule has 1 saturated heterocycles. The van der Waals surface area contributed by atoms with Gasteiger partial charge in [-0.3, -0.25) is 4.90 Å². The van der Waals surface area contributed by atoms with Crippen LogP contribution in [0.15, 0.2) is 63.9 Å². The molecule has 6 rings (SSSR count). The average molecular weight is 607 g/mol. The van der Waals surface area contributed by atoms with Gasteiger partial charge in [0.25, 0.3) is 0 Å². The fourth-order valence-electron chi connectivity index (χ4n) is 6.98. The summed E-state index contributed by atoms with van der Waals surface area (Å²) in [4.78, 5) is 7.56. The van der Waals surface area contributed by atoms with E-state index in [4.69, 9.17) is 13.9 Å². The predicted octanol–water partition coefficient (Wildman–Crippen LogP) is 7.07. The third kappa shape index (κ3) is 6.02. The maximum absolute atomic E-state index is 13.7. The molecular weight excluding hydrogens is 567 g/mol. The molecule has 4 aromatic rings. The van der Waals surface area contributed by atoms with E-state index in [-0.39, 0.29) is 11.6 Å². The second kappa shape index (κ2) is 12.3. The highest BCUT2D eigenvalue weighted by Gasteiger charge is 2.44. The van der Waals surface area contributed by atoms with Crippen molar-refractivity contribution in [3.05, 3.63) is 71.9 Å². The van der Waals surface area contributed by atoms with Gasteiger partial charge in [0.1, 0.15) is 22.8 Å². The van der Waals surface area contributed by atoms with Gasteiger partial charge in [-0.15, -0.1) is 0 Å². The molecule has 7 nitrogen and oxygen atoms in total. The number of sulfone groups is 1. The van der Waals surface area contributed by atoms with Crippen LogP contribution in [0, 0.1) is 17.7 Å². The zero-order chi connectivity index (χ0) is 30.1. The molecule has 1 unspecified atom stereocenters. The van der Waals surface area contributed by atoms with Crippen molar-refractivity contribution in [1.29, 1.82) is 0 Å². The number of ether oxygens (including phenoxy) is 2. The maximum Gasteiger partial charge on any atom is 0.195 e. The molecule has 0 spiro atoms. The summed E-state index contributed by atoms with van der Waals surface area (Å²) in [5.41, 5.74) is 4.09. The molecule has 0 amide bonds. The van der Waals surface area contributed by atoms with E-state index in [0.717, 1.165) is 67.0 Å². The Morgan fingerprint density at radius 2 is 1.67 bits per heavy atom. The van der Waals surface area contributed by atoms with Crippen molar-refractivity contribution in [2.24, 2.45) is 11.8 Å². The molecular formula is C34H39FN2O5S. The quantitative estimate of drug-likeness (QED) is 0.181. The number of oxazole rings is 1. The molecule has 0 N–H and O–H groups in total. The minimum atomic E-state index is -3.29. The first kappa shape index (κ1) is 29.6. The van der Waals surface area contributed by atoms with Crippen LogP contribution in [0.3, 0.4) is 0 Å². The highest BCUT2D eigenvalue weighted by molar-refractivity contribution is 7.91. The molecule has 9 heteroatoms. The number of halogens is 1. The van der Waals surface area contributed by atoms with E-state index in [1.807, 2.05) is 13.8 Å². The van der Waals surface area contributed by atoms with Crippen LogP contribution in [0.25, 0.3) is 22.2 Å². The first-order chi connectivity index (χ1) is 20.8. The second-order valence-electron chi connectivity index (χ2n) is 11.5. The van der Waals surface area contributed by atoms with Crippen molar-refractivity contribution < 1.29 is 26.7 Å². The van der Waals surface area contributed by atoms with E-state index in [2.05, 4.69) is 22.0 Å². The van der Waals surface area contributed by atoms with Crippen LogP contribution in [0.1, 0.15) is 51.5 Å². The number of rotatable bonds is 11. The Kier molecular flexibility index (Phi) is 8.47. The third-order valence-corrected chi connectivity index (χ3v) is 10.7. The molecule has 1 saturated carbocycles. The number of hydrogen-bond donors (Lipinski definition) is 0. The van der Waals surface area contributed by atoms with Crippen molar-refractivity contribution in [2.75, 3.05) is 25.5 Å². The van der Waals surface area contributed by atoms with E-state index in [1.165, 1.54) is 12.1 Å². The van der Waals surface area contributed by atoms with E-state index >= 15 is 0 Å². The molecule has 43 heavy (non-hydrogen) atoms. The lowest BCUT2D eigenvalue weighted by Crippen LogP contribution is -2.30. The first-order valence-corrected chi connectivity index (χ1v) is 17.0. The highest BCUT2D eigenvalue weighted by atomic mass is 32.2. The van der Waals surface area contributed by atoms with Crippen molar-refractivity contribution in [1.82, 2.24) is 9.88 Å². The Morgan fingerprint density at radius 3 is 2.35 bits per heavy atom. The molecule has 0 bridgehead atoms. The van der Waals surface area contributed by atoms with Gasteiger partial charge in [0.15, 0.2) is 21.3 Å². The van der Waals surface area contributed by atoms with Crippen LogP contribution in [0.5, 0.6) is 11.5 Å². The largest absolute Gasteiger partial charge is 0.493 e. The fraction of sp³-hybridized carbons (Fsp3) is 0.441. The zero-order valence-corrected chi connectivity index (χ0v) is 25.8. The smallest absolute Gasteiger partial charge is 0.195 e. The summed E-state index contributed by atoms with van der Waals surface area (Å²) in [6.07, 6.45) is 4.12. The molecule has 1 aliphatic carbocycles. The first-order valence-electron chi connectivity index (χ1n) is 15.3. The number of likely N-dealkylation sites (tertiary alicyclic amines) is 1. The van der Waals surface area contributed by atoms with Gasteiger partial charge in [-0.2, -0.15) is 0 Å². The van der Waals surface area contributed by atoms with E-state index < -0.39 is 9.84 Å². The number of benzene rings is 3. The summed E-state index contributed by atoms with van der Waals surface area (Å²) in [5, 5.41) is 0. The lowest BCUT2D eigenvalue weighted by atomic mass is 9.90. The predicted molar refractivity (Wildman–Crippen MR) is 165 cm³/mol. The zero-order valence-electron chi connectivity index (χ0n) is 25.0. The fourth-order valence-corrected chi connectivity index (χ4v) is 7.88. The van der Waals surface area contributed by atoms with Crippen molar-refractivity contribution in [2.45, 2.75) is 63.9 Å². The number of hydrogen-bond acceptors (Lipinski definition) is 7. The number of nitrogens with zero attached hydrogens (tertiary/aromatic N) is 2. The Bertz CT molecular complexity index is 1670. The molecule has 1 aromatic heterocycles. The van der Waals surface area contributed by atoms with E-state index in [9.17, 15) is 12.8 Å². The molecule has 0 radical (unpaired) electrons. The standard InChI is InChI=1S/C34H39FN2O5S/c1-4-40-31-17-22(18-32(41-5-2)34(31)23-7-10-25(35)11-8-23)21-37-16-15-27-24(9-13-29(27)37)19-33-36-28-20-26(43(38,39)6-3)12-14-30(28)42-33/h7-8,10-12,14,17-18,20,24,27,29H,4-6,9,13,15-16,19,21H2,1-3H3/t24?,27-,29+/m0/s1. The minimum Gasteiger partial charge on any atom is -0.493 e. The molecule has 2 fully saturated rings. The van der Waals surface area contributed by atoms with Gasteiger partial charge in [0.2, 0.25) is 0 Å². The minimum absolute atomic E-state index is 0.0587. The van der Waals surface area contributed by atoms with Crippen LogP contribution in [-0.2, 0) is 22.8 Å². The maximum atomic E-state index is 13.7. The Hall–Kier alpha value is -3.43. The number of fused-ring (bicyclic) bond motifs is 2. The van der Waals surface area contributed by atoms with E-state index in [0.29, 0.717) is 53.0 Å². The second-order valence-corrected chi connectivity index (χ2v) is 13.8. The molecule has 3 atom stereocenters. The third-order valence-electron chi connectivity index (χ3n) is 8.97. The van der Waals surface area contributed by atoms with Gasteiger partial charge in [-0.1, -0.05) is 19.1 Å². The highest BCUT2D eigenvalue weighted by Crippen LogP contribution is 2.45. The summed E-state index contributed by atoms with van der Waals surface area (Å²) in [5.74, 6) is 3.00. The molecule has 1 aliphatic heterocycles. The van der Waals surface area contributed by atoms with Gasteiger partial charge in [-0.05, 0) is 105 Å². The van der Waals surface area contributed by atoms with Gasteiger partial charge in [-0.25, -0.2) is 17.8 Å². The van der Waals surface area contributed by atoms with Crippen LogP contribution < -0.4 is 9.47 Å². The topological polar surface area (TPSA) is 81.9 Å². The van der Waals surface area contributed by atoms with Crippen molar-refractivity contribution in [3.8, 4) is 22.6 Å². The van der Waals surface area contributed by atoms with Crippen LogP contribution in [0.4, 0.5) is 4.39 Å². The van der Waals surface area contributed by atoms with Gasteiger partial charge in [0, 0.05) is 19.0 Å². The van der Waals surface area contributed by atoms with Crippen molar-refractivity contribution >= 4 is 20.9 Å². The SMILES string of the molecule is CCOc1cc(CN2CC[C@H]3C(Cc4nc5cc(S(=O)(=O)CC)ccc5o4)CC[C@H]32)cc(OCC)c1-c1ccc(F)cc1. The van der Waals surface area contributed by atoms with Gasteiger partial charge in [0.05, 0.1) is 29.4 Å². The lowest BCUT2D eigenvalue weighted by Gasteiger charge is -2.25. The summed E-state index contributed by atoms with van der Waals surface area (Å²) in [6.45, 7) is 8.44. The Balaban J connectivity index is 1.19. The normalized spacial score (nSPS) is 20.5. The summed E-state index contributed by atoms with van der Waals surface area (Å²) >= 11 is 0. The van der Waals surface area contributed by atoms with Gasteiger partial charge < -0.3 is 13.9 Å². The summed E-state index contributed by atoms with van der Waals surface area (Å²) in [6, 6.07) is 16.1. The molecule has 2 aliphatic rings. The average Bonchev–Trinajstić information content (AvgIpc) is 3.70. The summed E-state index contributed by atoms with van der Waals surface area (Å²) < 4.78 is 56.6. The van der Waals surface area contributed by atoms with Crippen LogP contribution in [-0.4, -0.2) is 49.9 Å². The van der Waals surface area contributed by atoms with Crippen molar-refractivity contribution in [3.63, 3.8) is 0 Å². The van der Waals surface area contributed by atoms with E-state index in [1.54, 1.807) is 37.3 Å². The molecule has 2 heterocycles. The Morgan fingerprint density at radius 1 is 0.953 bits per heavy atom. The molecule has 3 aromatic carbocycles. The summed E-state index contributed by atoms with van der Waals surface area (Å²) in [7, 11) is -3.29. The Labute approximate surface area is 252 Å². The van der Waals surface area contributed by atoms with Gasteiger partial charge >= 0.3 is 0 Å². The monoisotopic (exact) mass is 606 g/mol. The van der Waals surface area contributed by atoms with Crippen LogP contribution in [0.2, 0.25) is 0 Å². The van der Waals surface area contributed by atoms with Crippen LogP contribution >= 0.6 is 0 Å².